The first-order chi connectivity index (χ1) is 13.1. The monoisotopic (exact) mass is 393 g/mol. The fraction of sp³-hybridized carbons (Fsp3) is 0.526. The van der Waals surface area contributed by atoms with Crippen LogP contribution in [0.1, 0.15) is 12.0 Å². The number of amides is 3. The van der Waals surface area contributed by atoms with E-state index < -0.39 is 6.09 Å². The third-order valence-electron chi connectivity index (χ3n) is 4.93. The van der Waals surface area contributed by atoms with Crippen molar-refractivity contribution in [2.45, 2.75) is 13.0 Å². The Labute approximate surface area is 163 Å². The Kier molecular flexibility index (Phi) is 6.55. The summed E-state index contributed by atoms with van der Waals surface area (Å²) in [4.78, 5) is 42.0. The van der Waals surface area contributed by atoms with Gasteiger partial charge in [-0.1, -0.05) is 30.3 Å². The lowest BCUT2D eigenvalue weighted by Crippen LogP contribution is -2.52. The number of nitrogens with zero attached hydrogens (tertiary/aromatic N) is 3. The fourth-order valence-electron chi connectivity index (χ4n) is 3.48. The molecule has 2 saturated heterocycles. The number of carbonyl (C=O) groups is 3. The van der Waals surface area contributed by atoms with Gasteiger partial charge in [0, 0.05) is 45.7 Å². The Bertz CT molecular complexity index is 677. The normalized spacial score (nSPS) is 20.1. The van der Waals surface area contributed by atoms with E-state index in [4.69, 9.17) is 16.3 Å². The van der Waals surface area contributed by atoms with Crippen molar-refractivity contribution in [2.24, 2.45) is 5.92 Å². The molecule has 2 fully saturated rings. The summed E-state index contributed by atoms with van der Waals surface area (Å²) in [5, 5.41) is 0. The minimum Gasteiger partial charge on any atom is -0.448 e. The molecular formula is C19H24ClN3O4. The summed E-state index contributed by atoms with van der Waals surface area (Å²) in [6, 6.07) is 9.77. The lowest BCUT2D eigenvalue weighted by atomic mass is 10.1. The Balaban J connectivity index is 1.49. The van der Waals surface area contributed by atoms with E-state index >= 15 is 0 Å². The molecule has 27 heavy (non-hydrogen) atoms. The van der Waals surface area contributed by atoms with Gasteiger partial charge in [0.15, 0.2) is 0 Å². The summed E-state index contributed by atoms with van der Waals surface area (Å²) in [5.41, 5.74) is 1.06. The van der Waals surface area contributed by atoms with Crippen molar-refractivity contribution >= 4 is 29.5 Å². The molecular weight excluding hydrogens is 370 g/mol. The summed E-state index contributed by atoms with van der Waals surface area (Å²) in [5.74, 6) is -0.0384. The molecule has 146 valence electrons. The predicted molar refractivity (Wildman–Crippen MR) is 100 cm³/mol. The van der Waals surface area contributed by atoms with Crippen LogP contribution in [0.3, 0.4) is 0 Å². The van der Waals surface area contributed by atoms with Gasteiger partial charge in [0.05, 0.1) is 11.8 Å². The van der Waals surface area contributed by atoms with Crippen LogP contribution < -0.4 is 0 Å². The number of halogens is 1. The molecule has 1 atom stereocenters. The van der Waals surface area contributed by atoms with Crippen LogP contribution in [0.15, 0.2) is 30.3 Å². The van der Waals surface area contributed by atoms with E-state index in [0.29, 0.717) is 39.3 Å². The van der Waals surface area contributed by atoms with Gasteiger partial charge in [0.1, 0.15) is 6.61 Å². The molecule has 2 aliphatic heterocycles. The van der Waals surface area contributed by atoms with Crippen molar-refractivity contribution in [1.29, 1.82) is 0 Å². The highest BCUT2D eigenvalue weighted by Crippen LogP contribution is 2.23. The van der Waals surface area contributed by atoms with Crippen LogP contribution >= 0.6 is 11.6 Å². The molecule has 0 bridgehead atoms. The third-order valence-corrected chi connectivity index (χ3v) is 5.09. The van der Waals surface area contributed by atoms with Crippen molar-refractivity contribution in [2.75, 3.05) is 45.2 Å². The van der Waals surface area contributed by atoms with E-state index in [1.54, 1.807) is 14.7 Å². The maximum atomic E-state index is 12.8. The molecule has 0 N–H and O–H groups in total. The van der Waals surface area contributed by atoms with Gasteiger partial charge in [-0.3, -0.25) is 9.59 Å². The van der Waals surface area contributed by atoms with Crippen LogP contribution in [0.4, 0.5) is 4.79 Å². The number of likely N-dealkylation sites (tertiary alicyclic amines) is 1. The molecule has 3 rings (SSSR count). The lowest BCUT2D eigenvalue weighted by molar-refractivity contribution is -0.137. The largest absolute Gasteiger partial charge is 0.448 e. The summed E-state index contributed by atoms with van der Waals surface area (Å²) in [7, 11) is 0. The van der Waals surface area contributed by atoms with Gasteiger partial charge in [0.2, 0.25) is 11.8 Å². The molecule has 1 unspecified atom stereocenters. The van der Waals surface area contributed by atoms with Crippen LogP contribution in [0.25, 0.3) is 0 Å². The summed E-state index contributed by atoms with van der Waals surface area (Å²) < 4.78 is 5.01. The number of alkyl halides is 1. The van der Waals surface area contributed by atoms with Crippen LogP contribution in [0.5, 0.6) is 0 Å². The molecule has 7 nitrogen and oxygen atoms in total. The zero-order chi connectivity index (χ0) is 19.2. The van der Waals surface area contributed by atoms with E-state index in [-0.39, 0.29) is 36.6 Å². The highest BCUT2D eigenvalue weighted by Gasteiger charge is 2.37. The molecule has 0 radical (unpaired) electrons. The van der Waals surface area contributed by atoms with Crippen molar-refractivity contribution in [3.8, 4) is 0 Å². The molecule has 2 heterocycles. The highest BCUT2D eigenvalue weighted by atomic mass is 35.5. The minimum absolute atomic E-state index is 0.00677. The van der Waals surface area contributed by atoms with Gasteiger partial charge >= 0.3 is 6.09 Å². The zero-order valence-electron chi connectivity index (χ0n) is 15.2. The molecule has 0 saturated carbocycles. The SMILES string of the molecule is O=C1CC(C(=O)N2CCN(C(=O)OCCCl)CC2)CN1Cc1ccccc1. The van der Waals surface area contributed by atoms with Gasteiger partial charge in [-0.25, -0.2) is 4.79 Å². The van der Waals surface area contributed by atoms with E-state index in [2.05, 4.69) is 0 Å². The molecule has 1 aromatic carbocycles. The molecule has 0 aliphatic carbocycles. The van der Waals surface area contributed by atoms with E-state index in [0.717, 1.165) is 5.56 Å². The molecule has 0 aromatic heterocycles. The first-order valence-electron chi connectivity index (χ1n) is 9.16. The molecule has 3 amide bonds. The average molecular weight is 394 g/mol. The maximum Gasteiger partial charge on any atom is 0.409 e. The first-order valence-corrected chi connectivity index (χ1v) is 9.70. The van der Waals surface area contributed by atoms with Crippen molar-refractivity contribution in [3.05, 3.63) is 35.9 Å². The Hall–Kier alpha value is -2.28. The Morgan fingerprint density at radius 3 is 2.41 bits per heavy atom. The van der Waals surface area contributed by atoms with E-state index in [9.17, 15) is 14.4 Å². The second-order valence-corrected chi connectivity index (χ2v) is 7.15. The molecule has 0 spiro atoms. The van der Waals surface area contributed by atoms with Gasteiger partial charge in [-0.2, -0.15) is 0 Å². The summed E-state index contributed by atoms with van der Waals surface area (Å²) in [6.45, 7) is 2.94. The first kappa shape index (κ1) is 19.5. The minimum atomic E-state index is -0.396. The number of ether oxygens (including phenoxy) is 1. The van der Waals surface area contributed by atoms with Crippen molar-refractivity contribution < 1.29 is 19.1 Å². The van der Waals surface area contributed by atoms with Crippen LogP contribution in [0, 0.1) is 5.92 Å². The van der Waals surface area contributed by atoms with Gasteiger partial charge in [-0.05, 0) is 5.56 Å². The van der Waals surface area contributed by atoms with Crippen molar-refractivity contribution in [1.82, 2.24) is 14.7 Å². The number of rotatable bonds is 5. The van der Waals surface area contributed by atoms with Gasteiger partial charge in [0.25, 0.3) is 0 Å². The fourth-order valence-corrected chi connectivity index (χ4v) is 3.56. The number of benzene rings is 1. The molecule has 1 aromatic rings. The van der Waals surface area contributed by atoms with Crippen LogP contribution in [-0.2, 0) is 20.9 Å². The number of carbonyl (C=O) groups excluding carboxylic acids is 3. The number of hydrogen-bond donors (Lipinski definition) is 0. The topological polar surface area (TPSA) is 70.2 Å². The van der Waals surface area contributed by atoms with E-state index in [1.807, 2.05) is 30.3 Å². The number of hydrogen-bond acceptors (Lipinski definition) is 4. The average Bonchev–Trinajstić information content (AvgIpc) is 3.06. The second kappa shape index (κ2) is 9.08. The summed E-state index contributed by atoms with van der Waals surface area (Å²) >= 11 is 5.52. The lowest BCUT2D eigenvalue weighted by Gasteiger charge is -2.35. The highest BCUT2D eigenvalue weighted by molar-refractivity contribution is 6.18. The standard InChI is InChI=1S/C19H24ClN3O4/c20-6-11-27-19(26)22-9-7-21(8-10-22)18(25)16-12-17(24)23(14-16)13-15-4-2-1-3-5-15/h1-5,16H,6-14H2. The smallest absolute Gasteiger partial charge is 0.409 e. The molecule has 2 aliphatic rings. The summed E-state index contributed by atoms with van der Waals surface area (Å²) in [6.07, 6.45) is -0.142. The van der Waals surface area contributed by atoms with Gasteiger partial charge < -0.3 is 19.4 Å². The predicted octanol–water partition coefficient (Wildman–Crippen LogP) is 1.55. The zero-order valence-corrected chi connectivity index (χ0v) is 15.9. The third kappa shape index (κ3) is 4.91. The van der Waals surface area contributed by atoms with E-state index in [1.165, 1.54) is 0 Å². The maximum absolute atomic E-state index is 12.8. The quantitative estimate of drug-likeness (QED) is 0.712. The Morgan fingerprint density at radius 1 is 1.07 bits per heavy atom. The van der Waals surface area contributed by atoms with Gasteiger partial charge in [-0.15, -0.1) is 11.6 Å². The number of piperazine rings is 1. The van der Waals surface area contributed by atoms with Crippen molar-refractivity contribution in [3.63, 3.8) is 0 Å². The van der Waals surface area contributed by atoms with Crippen LogP contribution in [0.2, 0.25) is 0 Å². The molecule has 8 heteroatoms. The Morgan fingerprint density at radius 2 is 1.74 bits per heavy atom. The van der Waals surface area contributed by atoms with Crippen LogP contribution in [-0.4, -0.2) is 77.8 Å². The second-order valence-electron chi connectivity index (χ2n) is 6.78.